The molecule has 0 unspecified atom stereocenters. The summed E-state index contributed by atoms with van der Waals surface area (Å²) in [5.74, 6) is -0.420. The molecule has 3 aliphatic rings. The molecule has 0 heterocycles. The van der Waals surface area contributed by atoms with Crippen molar-refractivity contribution in [3.8, 4) is 11.5 Å². The quantitative estimate of drug-likeness (QED) is 0.260. The number of Topliss-reactive ketones (excluding diaryl/α,β-unsaturated/α-hetero) is 1. The van der Waals surface area contributed by atoms with Crippen molar-refractivity contribution in [1.82, 2.24) is 0 Å². The zero-order valence-electron chi connectivity index (χ0n) is 25.1. The minimum absolute atomic E-state index is 0.108. The number of ketones is 1. The summed E-state index contributed by atoms with van der Waals surface area (Å²) in [6, 6.07) is 5.20. The Kier molecular flexibility index (Phi) is 8.74. The summed E-state index contributed by atoms with van der Waals surface area (Å²) in [4.78, 5) is 39.1. The summed E-state index contributed by atoms with van der Waals surface area (Å²) in [6.45, 7) is 11.7. The zero-order chi connectivity index (χ0) is 30.2. The first-order chi connectivity index (χ1) is 19.4. The van der Waals surface area contributed by atoms with Gasteiger partial charge >= 0.3 is 11.9 Å². The molecule has 2 bridgehead atoms. The van der Waals surface area contributed by atoms with Crippen LogP contribution in [0.1, 0.15) is 65.4 Å². The Balaban J connectivity index is 1.52. The Morgan fingerprint density at radius 2 is 1.83 bits per heavy atom. The van der Waals surface area contributed by atoms with E-state index in [1.807, 2.05) is 6.92 Å². The molecule has 0 aromatic heterocycles. The van der Waals surface area contributed by atoms with E-state index in [0.29, 0.717) is 29.9 Å². The largest absolute Gasteiger partial charge is 0.493 e. The predicted molar refractivity (Wildman–Crippen MR) is 154 cm³/mol. The fourth-order valence-corrected chi connectivity index (χ4v) is 7.99. The van der Waals surface area contributed by atoms with Crippen LogP contribution >= 0.6 is 0 Å². The molecule has 8 atom stereocenters. The third-order valence-corrected chi connectivity index (χ3v) is 10.7. The Bertz CT molecular complexity index is 1220. The van der Waals surface area contributed by atoms with Gasteiger partial charge in [0, 0.05) is 29.2 Å². The van der Waals surface area contributed by atoms with Crippen LogP contribution in [0.5, 0.6) is 11.5 Å². The number of methoxy groups -OCH3 is 2. The Morgan fingerprint density at radius 1 is 1.12 bits per heavy atom. The van der Waals surface area contributed by atoms with Gasteiger partial charge in [-0.1, -0.05) is 39.8 Å². The smallest absolute Gasteiger partial charge is 0.344 e. The van der Waals surface area contributed by atoms with Crippen LogP contribution in [0.4, 0.5) is 0 Å². The fraction of sp³-hybridized carbons (Fsp3) is 0.606. The second-order valence-electron chi connectivity index (χ2n) is 12.6. The number of carbonyl (C=O) groups is 3. The second kappa shape index (κ2) is 11.6. The molecule has 4 rings (SSSR count). The van der Waals surface area contributed by atoms with Gasteiger partial charge in [-0.05, 0) is 66.7 Å². The first-order valence-corrected chi connectivity index (χ1v) is 14.5. The summed E-state index contributed by atoms with van der Waals surface area (Å²) in [7, 11) is 3.06. The summed E-state index contributed by atoms with van der Waals surface area (Å²) in [5, 5.41) is 11.6. The first kappa shape index (κ1) is 30.8. The summed E-state index contributed by atoms with van der Waals surface area (Å²) in [5.41, 5.74) is -1.02. The molecular formula is C33H44O8. The molecule has 41 heavy (non-hydrogen) atoms. The molecule has 3 fully saturated rings. The van der Waals surface area contributed by atoms with Gasteiger partial charge in [0.1, 0.15) is 11.9 Å². The van der Waals surface area contributed by atoms with Gasteiger partial charge < -0.3 is 24.1 Å². The highest BCUT2D eigenvalue weighted by atomic mass is 16.6. The zero-order valence-corrected chi connectivity index (χ0v) is 25.1. The van der Waals surface area contributed by atoms with E-state index < -0.39 is 41.6 Å². The highest BCUT2D eigenvalue weighted by Gasteiger charge is 2.68. The Hall–Kier alpha value is -3.13. The maximum Gasteiger partial charge on any atom is 0.344 e. The van der Waals surface area contributed by atoms with E-state index in [2.05, 4.69) is 27.4 Å². The molecule has 0 amide bonds. The van der Waals surface area contributed by atoms with E-state index in [0.717, 1.165) is 19.3 Å². The number of esters is 2. The van der Waals surface area contributed by atoms with Crippen molar-refractivity contribution >= 4 is 23.8 Å². The van der Waals surface area contributed by atoms with Crippen LogP contribution in [0.15, 0.2) is 36.9 Å². The van der Waals surface area contributed by atoms with Crippen molar-refractivity contribution in [2.45, 2.75) is 72.0 Å². The van der Waals surface area contributed by atoms with Gasteiger partial charge in [0.2, 0.25) is 0 Å². The van der Waals surface area contributed by atoms with Gasteiger partial charge in [-0.25, -0.2) is 9.59 Å². The van der Waals surface area contributed by atoms with Crippen molar-refractivity contribution in [2.24, 2.45) is 34.0 Å². The summed E-state index contributed by atoms with van der Waals surface area (Å²) >= 11 is 0. The van der Waals surface area contributed by atoms with Crippen molar-refractivity contribution in [3.63, 3.8) is 0 Å². The monoisotopic (exact) mass is 568 g/mol. The molecule has 224 valence electrons. The van der Waals surface area contributed by atoms with E-state index >= 15 is 0 Å². The topological polar surface area (TPSA) is 108 Å². The van der Waals surface area contributed by atoms with Gasteiger partial charge in [-0.2, -0.15) is 0 Å². The van der Waals surface area contributed by atoms with Crippen molar-refractivity contribution < 1.29 is 38.4 Å². The molecule has 0 spiro atoms. The lowest BCUT2D eigenvalue weighted by molar-refractivity contribution is -0.208. The van der Waals surface area contributed by atoms with Crippen LogP contribution in [0.3, 0.4) is 0 Å². The number of aliphatic hydroxyl groups excluding tert-OH is 1. The third kappa shape index (κ3) is 5.31. The van der Waals surface area contributed by atoms with Gasteiger partial charge in [0.05, 0.1) is 20.3 Å². The van der Waals surface area contributed by atoms with Crippen LogP contribution in [0.2, 0.25) is 0 Å². The molecular weight excluding hydrogens is 524 g/mol. The average Bonchev–Trinajstić information content (AvgIpc) is 3.32. The van der Waals surface area contributed by atoms with Gasteiger partial charge in [0.15, 0.2) is 18.1 Å². The normalized spacial score (nSPS) is 36.6. The van der Waals surface area contributed by atoms with E-state index in [1.165, 1.54) is 20.3 Å². The van der Waals surface area contributed by atoms with Gasteiger partial charge in [0.25, 0.3) is 0 Å². The second-order valence-corrected chi connectivity index (χ2v) is 12.6. The maximum atomic E-state index is 13.5. The van der Waals surface area contributed by atoms with Crippen LogP contribution in [0, 0.1) is 34.0 Å². The molecule has 1 N–H and O–H groups in total. The predicted octanol–water partition coefficient (Wildman–Crippen LogP) is 5.17. The molecule has 8 heteroatoms. The highest BCUT2D eigenvalue weighted by molar-refractivity contribution is 5.89. The molecule has 1 aromatic carbocycles. The number of benzene rings is 1. The lowest BCUT2D eigenvalue weighted by atomic mass is 9.44. The van der Waals surface area contributed by atoms with Gasteiger partial charge in [-0.3, -0.25) is 4.79 Å². The third-order valence-electron chi connectivity index (χ3n) is 10.7. The van der Waals surface area contributed by atoms with Crippen LogP contribution < -0.4 is 9.47 Å². The SMILES string of the molecule is C=C[C@]1(C)C[C@@H](OC(=O)COC(=O)/C=C/c2ccc(OC)c(OC)c2)[C@]2(C)[C@H](C)CC[C@]3(CCC(=O)[C@H]32)[C@@H](C)[C@@H]1O. The molecule has 0 saturated heterocycles. The van der Waals surface area contributed by atoms with E-state index in [4.69, 9.17) is 18.9 Å². The summed E-state index contributed by atoms with van der Waals surface area (Å²) < 4.78 is 21.8. The lowest BCUT2D eigenvalue weighted by Gasteiger charge is -2.61. The van der Waals surface area contributed by atoms with Gasteiger partial charge in [-0.15, -0.1) is 6.58 Å². The standard InChI is InChI=1S/C33H44O8/c1-8-31(4)18-26(32(5)20(2)13-15-33(21(3)30(31)37)16-14-23(34)29(32)33)41-28(36)19-40-27(35)12-10-22-9-11-24(38-6)25(17-22)39-7/h8-12,17,20-21,26,29-30,37H,1,13-16,18-19H2,2-7H3/b12-10+/t20-,21+,26-,29+,30+,31-,32+,33+/m1/s1. The van der Waals surface area contributed by atoms with E-state index in [9.17, 15) is 19.5 Å². The minimum atomic E-state index is -0.743. The molecule has 8 nitrogen and oxygen atoms in total. The first-order valence-electron chi connectivity index (χ1n) is 14.5. The minimum Gasteiger partial charge on any atom is -0.493 e. The number of carbonyl (C=O) groups excluding carboxylic acids is 3. The number of aliphatic hydroxyl groups is 1. The molecule has 3 aliphatic carbocycles. The summed E-state index contributed by atoms with van der Waals surface area (Å²) in [6.07, 6.45) is 6.39. The molecule has 0 radical (unpaired) electrons. The van der Waals surface area contributed by atoms with Crippen LogP contribution in [-0.2, 0) is 23.9 Å². The average molecular weight is 569 g/mol. The maximum absolute atomic E-state index is 13.5. The molecule has 3 saturated carbocycles. The number of ether oxygens (including phenoxy) is 4. The molecule has 1 aromatic rings. The number of rotatable bonds is 8. The highest BCUT2D eigenvalue weighted by Crippen LogP contribution is 2.68. The van der Waals surface area contributed by atoms with Crippen LogP contribution in [-0.4, -0.2) is 55.9 Å². The van der Waals surface area contributed by atoms with Crippen molar-refractivity contribution in [1.29, 1.82) is 0 Å². The fourth-order valence-electron chi connectivity index (χ4n) is 7.99. The number of hydrogen-bond acceptors (Lipinski definition) is 8. The van der Waals surface area contributed by atoms with Crippen molar-refractivity contribution in [2.75, 3.05) is 20.8 Å². The van der Waals surface area contributed by atoms with E-state index in [-0.39, 0.29) is 29.0 Å². The van der Waals surface area contributed by atoms with Crippen molar-refractivity contribution in [3.05, 3.63) is 42.5 Å². The Morgan fingerprint density at radius 3 is 2.49 bits per heavy atom. The lowest BCUT2D eigenvalue weighted by Crippen LogP contribution is -2.63. The van der Waals surface area contributed by atoms with Crippen LogP contribution in [0.25, 0.3) is 6.08 Å². The Labute approximate surface area is 243 Å². The number of hydrogen-bond donors (Lipinski definition) is 1. The molecule has 0 aliphatic heterocycles. The van der Waals surface area contributed by atoms with E-state index in [1.54, 1.807) is 30.4 Å².